The number of hydrogen-bond donors (Lipinski definition) is 1. The van der Waals surface area contributed by atoms with Crippen molar-refractivity contribution in [3.63, 3.8) is 0 Å². The second-order valence-corrected chi connectivity index (χ2v) is 5.49. The highest BCUT2D eigenvalue weighted by atomic mass is 16.3. The summed E-state index contributed by atoms with van der Waals surface area (Å²) in [7, 11) is 0. The van der Waals surface area contributed by atoms with Gasteiger partial charge in [0.2, 0.25) is 0 Å². The molecule has 1 aromatic carbocycles. The van der Waals surface area contributed by atoms with Crippen LogP contribution in [0.2, 0.25) is 0 Å². The standard InChI is InChI=1S/C15H22O/c1-10-5-4-6-13(8-10)14-9-11(2)7-12(3)15(14)16/h7,9-10,13,16H,4-6,8H2,1-3H3. The molecule has 1 fully saturated rings. The van der Waals surface area contributed by atoms with Crippen molar-refractivity contribution in [2.24, 2.45) is 5.92 Å². The highest BCUT2D eigenvalue weighted by Gasteiger charge is 2.23. The van der Waals surface area contributed by atoms with E-state index in [9.17, 15) is 5.11 Å². The molecule has 1 nitrogen and oxygen atoms in total. The molecule has 0 bridgehead atoms. The van der Waals surface area contributed by atoms with Gasteiger partial charge in [0.15, 0.2) is 0 Å². The predicted octanol–water partition coefficient (Wildman–Crippen LogP) is 4.30. The second-order valence-electron chi connectivity index (χ2n) is 5.49. The quantitative estimate of drug-likeness (QED) is 0.745. The van der Waals surface area contributed by atoms with E-state index in [2.05, 4.69) is 26.0 Å². The van der Waals surface area contributed by atoms with Gasteiger partial charge in [-0.05, 0) is 49.7 Å². The predicted molar refractivity (Wildman–Crippen MR) is 68.0 cm³/mol. The number of phenolic OH excluding ortho intramolecular Hbond substituents is 1. The fraction of sp³-hybridized carbons (Fsp3) is 0.600. The summed E-state index contributed by atoms with van der Waals surface area (Å²) >= 11 is 0. The molecular formula is C15H22O. The Kier molecular flexibility index (Phi) is 3.22. The van der Waals surface area contributed by atoms with Crippen LogP contribution in [0.4, 0.5) is 0 Å². The minimum absolute atomic E-state index is 0.532. The van der Waals surface area contributed by atoms with Crippen molar-refractivity contribution in [2.75, 3.05) is 0 Å². The van der Waals surface area contributed by atoms with E-state index in [1.165, 1.54) is 36.8 Å². The molecule has 1 heteroatoms. The minimum Gasteiger partial charge on any atom is -0.507 e. The summed E-state index contributed by atoms with van der Waals surface area (Å²) < 4.78 is 0. The highest BCUT2D eigenvalue weighted by molar-refractivity contribution is 5.44. The van der Waals surface area contributed by atoms with Crippen LogP contribution in [0, 0.1) is 19.8 Å². The summed E-state index contributed by atoms with van der Waals surface area (Å²) in [4.78, 5) is 0. The van der Waals surface area contributed by atoms with E-state index in [-0.39, 0.29) is 0 Å². The third kappa shape index (κ3) is 2.23. The fourth-order valence-corrected chi connectivity index (χ4v) is 3.02. The van der Waals surface area contributed by atoms with Crippen molar-refractivity contribution in [3.8, 4) is 5.75 Å². The van der Waals surface area contributed by atoms with Gasteiger partial charge in [-0.15, -0.1) is 0 Å². The first-order valence-electron chi connectivity index (χ1n) is 6.38. The summed E-state index contributed by atoms with van der Waals surface area (Å²) in [6.45, 7) is 6.44. The van der Waals surface area contributed by atoms with Crippen molar-refractivity contribution in [2.45, 2.75) is 52.4 Å². The third-order valence-corrected chi connectivity index (χ3v) is 3.85. The average Bonchev–Trinajstić information content (AvgIpc) is 2.23. The molecule has 2 unspecified atom stereocenters. The smallest absolute Gasteiger partial charge is 0.121 e. The molecule has 0 aliphatic heterocycles. The zero-order chi connectivity index (χ0) is 11.7. The Morgan fingerprint density at radius 2 is 1.94 bits per heavy atom. The van der Waals surface area contributed by atoms with Gasteiger partial charge in [0.25, 0.3) is 0 Å². The lowest BCUT2D eigenvalue weighted by Crippen LogP contribution is -2.12. The van der Waals surface area contributed by atoms with Gasteiger partial charge in [-0.2, -0.15) is 0 Å². The number of phenols is 1. The number of aryl methyl sites for hydroxylation is 2. The van der Waals surface area contributed by atoms with Gasteiger partial charge in [-0.25, -0.2) is 0 Å². The maximum atomic E-state index is 10.2. The van der Waals surface area contributed by atoms with Crippen LogP contribution < -0.4 is 0 Å². The molecule has 1 aliphatic rings. The average molecular weight is 218 g/mol. The Morgan fingerprint density at radius 1 is 1.19 bits per heavy atom. The number of benzene rings is 1. The van der Waals surface area contributed by atoms with Gasteiger partial charge in [0.1, 0.15) is 5.75 Å². The Labute approximate surface area is 98.5 Å². The maximum Gasteiger partial charge on any atom is 0.121 e. The van der Waals surface area contributed by atoms with Crippen molar-refractivity contribution >= 4 is 0 Å². The van der Waals surface area contributed by atoms with Crippen molar-refractivity contribution in [1.29, 1.82) is 0 Å². The molecule has 1 aliphatic carbocycles. The SMILES string of the molecule is Cc1cc(C)c(O)c(C2CCCC(C)C2)c1. The molecule has 0 saturated heterocycles. The van der Waals surface area contributed by atoms with E-state index >= 15 is 0 Å². The van der Waals surface area contributed by atoms with Crippen molar-refractivity contribution in [3.05, 3.63) is 28.8 Å². The topological polar surface area (TPSA) is 20.2 Å². The van der Waals surface area contributed by atoms with E-state index in [0.717, 1.165) is 11.5 Å². The molecule has 88 valence electrons. The van der Waals surface area contributed by atoms with Gasteiger partial charge < -0.3 is 5.11 Å². The number of aromatic hydroxyl groups is 1. The summed E-state index contributed by atoms with van der Waals surface area (Å²) in [5, 5.41) is 10.2. The molecule has 0 spiro atoms. The van der Waals surface area contributed by atoms with Crippen molar-refractivity contribution < 1.29 is 5.11 Å². The summed E-state index contributed by atoms with van der Waals surface area (Å²) in [5.74, 6) is 1.91. The van der Waals surface area contributed by atoms with Crippen LogP contribution in [-0.4, -0.2) is 5.11 Å². The van der Waals surface area contributed by atoms with Crippen LogP contribution in [0.15, 0.2) is 12.1 Å². The fourth-order valence-electron chi connectivity index (χ4n) is 3.02. The van der Waals surface area contributed by atoms with E-state index in [4.69, 9.17) is 0 Å². The maximum absolute atomic E-state index is 10.2. The normalized spacial score (nSPS) is 25.7. The van der Waals surface area contributed by atoms with Gasteiger partial charge >= 0.3 is 0 Å². The molecular weight excluding hydrogens is 196 g/mol. The largest absolute Gasteiger partial charge is 0.507 e. The molecule has 1 saturated carbocycles. The Balaban J connectivity index is 2.32. The molecule has 0 amide bonds. The summed E-state index contributed by atoms with van der Waals surface area (Å²) in [6, 6.07) is 4.23. The Hall–Kier alpha value is -0.980. The van der Waals surface area contributed by atoms with Gasteiger partial charge in [-0.3, -0.25) is 0 Å². The van der Waals surface area contributed by atoms with Crippen molar-refractivity contribution in [1.82, 2.24) is 0 Å². The number of hydrogen-bond acceptors (Lipinski definition) is 1. The first-order valence-corrected chi connectivity index (χ1v) is 6.38. The zero-order valence-electron chi connectivity index (χ0n) is 10.6. The van der Waals surface area contributed by atoms with Crippen LogP contribution in [0.3, 0.4) is 0 Å². The lowest BCUT2D eigenvalue weighted by Gasteiger charge is -2.28. The molecule has 2 atom stereocenters. The molecule has 0 aromatic heterocycles. The molecule has 0 heterocycles. The van der Waals surface area contributed by atoms with Gasteiger partial charge in [-0.1, -0.05) is 37.5 Å². The lowest BCUT2D eigenvalue weighted by molar-refractivity contribution is 0.336. The van der Waals surface area contributed by atoms with Crippen LogP contribution in [-0.2, 0) is 0 Å². The zero-order valence-corrected chi connectivity index (χ0v) is 10.6. The molecule has 1 aromatic rings. The van der Waals surface area contributed by atoms with E-state index in [1.54, 1.807) is 0 Å². The van der Waals surface area contributed by atoms with Crippen LogP contribution in [0.1, 0.15) is 55.2 Å². The monoisotopic (exact) mass is 218 g/mol. The number of rotatable bonds is 1. The van der Waals surface area contributed by atoms with Crippen LogP contribution in [0.25, 0.3) is 0 Å². The van der Waals surface area contributed by atoms with E-state index in [0.29, 0.717) is 11.7 Å². The Bertz CT molecular complexity index is 381. The van der Waals surface area contributed by atoms with E-state index in [1.807, 2.05) is 6.92 Å². The Morgan fingerprint density at radius 3 is 2.62 bits per heavy atom. The molecule has 1 N–H and O–H groups in total. The highest BCUT2D eigenvalue weighted by Crippen LogP contribution is 2.40. The molecule has 16 heavy (non-hydrogen) atoms. The summed E-state index contributed by atoms with van der Waals surface area (Å²) in [5.41, 5.74) is 3.47. The second kappa shape index (κ2) is 4.48. The lowest BCUT2D eigenvalue weighted by atomic mass is 9.78. The van der Waals surface area contributed by atoms with E-state index < -0.39 is 0 Å². The third-order valence-electron chi connectivity index (χ3n) is 3.85. The molecule has 0 radical (unpaired) electrons. The van der Waals surface area contributed by atoms with Gasteiger partial charge in [0, 0.05) is 0 Å². The minimum atomic E-state index is 0.532. The first-order chi connectivity index (χ1) is 7.58. The van der Waals surface area contributed by atoms with Gasteiger partial charge in [0.05, 0.1) is 0 Å². The van der Waals surface area contributed by atoms with Crippen LogP contribution >= 0.6 is 0 Å². The van der Waals surface area contributed by atoms with Crippen LogP contribution in [0.5, 0.6) is 5.75 Å². The summed E-state index contributed by atoms with van der Waals surface area (Å²) in [6.07, 6.45) is 5.12. The first kappa shape index (κ1) is 11.5. The molecule has 2 rings (SSSR count).